The van der Waals surface area contributed by atoms with Crippen molar-refractivity contribution in [1.29, 1.82) is 0 Å². The van der Waals surface area contributed by atoms with Crippen LogP contribution in [0.2, 0.25) is 0 Å². The molecule has 1 N–H and O–H groups in total. The fourth-order valence-electron chi connectivity index (χ4n) is 2.90. The van der Waals surface area contributed by atoms with Crippen molar-refractivity contribution in [3.8, 4) is 0 Å². The highest BCUT2D eigenvalue weighted by atomic mass is 16.5. The first kappa shape index (κ1) is 18.1. The molecule has 0 amide bonds. The van der Waals surface area contributed by atoms with E-state index in [-0.39, 0.29) is 0 Å². The van der Waals surface area contributed by atoms with Crippen LogP contribution in [-0.4, -0.2) is 67.2 Å². The van der Waals surface area contributed by atoms with Crippen molar-refractivity contribution in [1.82, 2.24) is 20.2 Å². The molecule has 2 heterocycles. The van der Waals surface area contributed by atoms with E-state index in [9.17, 15) is 0 Å². The molecule has 2 aromatic rings. The first-order valence-corrected chi connectivity index (χ1v) is 8.96. The maximum Gasteiger partial charge on any atom is 0.225 e. The zero-order valence-corrected chi connectivity index (χ0v) is 15.2. The molecule has 7 nitrogen and oxygen atoms in total. The SMILES string of the molecule is CN=C(NCCOCc1ccccc1)N1CCN(c2ncccn2)CC1. The van der Waals surface area contributed by atoms with Gasteiger partial charge in [-0.15, -0.1) is 0 Å². The summed E-state index contributed by atoms with van der Waals surface area (Å²) in [6, 6.07) is 12.0. The van der Waals surface area contributed by atoms with Crippen LogP contribution >= 0.6 is 0 Å². The van der Waals surface area contributed by atoms with Gasteiger partial charge < -0.3 is 19.9 Å². The molecule has 138 valence electrons. The molecule has 0 atom stereocenters. The lowest BCUT2D eigenvalue weighted by Gasteiger charge is -2.36. The zero-order chi connectivity index (χ0) is 18.0. The average Bonchev–Trinajstić information content (AvgIpc) is 2.72. The molecule has 0 spiro atoms. The minimum Gasteiger partial charge on any atom is -0.375 e. The standard InChI is InChI=1S/C19H26N6O/c1-20-18(23-10-15-26-16-17-6-3-2-4-7-17)24-11-13-25(14-12-24)19-21-8-5-9-22-19/h2-9H,10-16H2,1H3,(H,20,23). The molecule has 1 aliphatic rings. The van der Waals surface area contributed by atoms with Gasteiger partial charge in [0.1, 0.15) is 0 Å². The molecule has 1 saturated heterocycles. The number of nitrogens with one attached hydrogen (secondary N) is 1. The number of piperazine rings is 1. The predicted octanol–water partition coefficient (Wildman–Crippen LogP) is 1.39. The number of anilines is 1. The van der Waals surface area contributed by atoms with Crippen LogP contribution in [0, 0.1) is 0 Å². The van der Waals surface area contributed by atoms with E-state index in [0.717, 1.165) is 44.6 Å². The Labute approximate surface area is 154 Å². The highest BCUT2D eigenvalue weighted by Gasteiger charge is 2.20. The van der Waals surface area contributed by atoms with Gasteiger partial charge in [-0.1, -0.05) is 30.3 Å². The number of ether oxygens (including phenoxy) is 1. The molecule has 26 heavy (non-hydrogen) atoms. The summed E-state index contributed by atoms with van der Waals surface area (Å²) < 4.78 is 5.72. The normalized spacial score (nSPS) is 15.2. The van der Waals surface area contributed by atoms with E-state index >= 15 is 0 Å². The van der Waals surface area contributed by atoms with Gasteiger partial charge >= 0.3 is 0 Å². The van der Waals surface area contributed by atoms with Crippen molar-refractivity contribution in [3.63, 3.8) is 0 Å². The number of aromatic nitrogens is 2. The van der Waals surface area contributed by atoms with E-state index in [1.165, 1.54) is 5.56 Å². The minimum absolute atomic E-state index is 0.636. The summed E-state index contributed by atoms with van der Waals surface area (Å²) in [7, 11) is 1.82. The molecule has 7 heteroatoms. The molecule has 0 bridgehead atoms. The van der Waals surface area contributed by atoms with Crippen LogP contribution in [-0.2, 0) is 11.3 Å². The second-order valence-corrected chi connectivity index (χ2v) is 6.04. The maximum absolute atomic E-state index is 5.72. The van der Waals surface area contributed by atoms with Crippen molar-refractivity contribution in [2.45, 2.75) is 6.61 Å². The molecule has 1 fully saturated rings. The summed E-state index contributed by atoms with van der Waals surface area (Å²) in [5.74, 6) is 1.71. The summed E-state index contributed by atoms with van der Waals surface area (Å²) in [6.07, 6.45) is 3.56. The van der Waals surface area contributed by atoms with Gasteiger partial charge in [0.05, 0.1) is 13.2 Å². The lowest BCUT2D eigenvalue weighted by atomic mass is 10.2. The fourth-order valence-corrected chi connectivity index (χ4v) is 2.90. The number of benzene rings is 1. The number of hydrogen-bond donors (Lipinski definition) is 1. The molecule has 1 aliphatic heterocycles. The molecule has 0 radical (unpaired) electrons. The predicted molar refractivity (Wildman–Crippen MR) is 103 cm³/mol. The topological polar surface area (TPSA) is 65.9 Å². The summed E-state index contributed by atoms with van der Waals surface area (Å²) in [6.45, 7) is 5.57. The molecule has 0 aliphatic carbocycles. The Morgan fingerprint density at radius 3 is 2.50 bits per heavy atom. The van der Waals surface area contributed by atoms with Crippen LogP contribution in [0.25, 0.3) is 0 Å². The summed E-state index contributed by atoms with van der Waals surface area (Å²) >= 11 is 0. The molecular weight excluding hydrogens is 328 g/mol. The van der Waals surface area contributed by atoms with Gasteiger partial charge in [-0.3, -0.25) is 4.99 Å². The lowest BCUT2D eigenvalue weighted by Crippen LogP contribution is -2.53. The Morgan fingerprint density at radius 1 is 1.08 bits per heavy atom. The van der Waals surface area contributed by atoms with Crippen LogP contribution in [0.15, 0.2) is 53.8 Å². The highest BCUT2D eigenvalue weighted by molar-refractivity contribution is 5.80. The maximum atomic E-state index is 5.72. The molecule has 1 aromatic carbocycles. The van der Waals surface area contributed by atoms with Crippen LogP contribution in [0.4, 0.5) is 5.95 Å². The molecule has 3 rings (SSSR count). The highest BCUT2D eigenvalue weighted by Crippen LogP contribution is 2.09. The number of rotatable bonds is 6. The number of nitrogens with zero attached hydrogens (tertiary/aromatic N) is 5. The fraction of sp³-hybridized carbons (Fsp3) is 0.421. The molecular formula is C19H26N6O. The summed E-state index contributed by atoms with van der Waals surface area (Å²) in [5.41, 5.74) is 1.19. The number of hydrogen-bond acceptors (Lipinski definition) is 5. The van der Waals surface area contributed by atoms with Crippen LogP contribution in [0.1, 0.15) is 5.56 Å². The van der Waals surface area contributed by atoms with Crippen molar-refractivity contribution in [2.24, 2.45) is 4.99 Å². The van der Waals surface area contributed by atoms with Gasteiger partial charge in [-0.25, -0.2) is 9.97 Å². The lowest BCUT2D eigenvalue weighted by molar-refractivity contribution is 0.125. The van der Waals surface area contributed by atoms with Gasteiger partial charge in [0, 0.05) is 52.2 Å². The third kappa shape index (κ3) is 5.16. The van der Waals surface area contributed by atoms with Crippen LogP contribution in [0.3, 0.4) is 0 Å². The van der Waals surface area contributed by atoms with Crippen molar-refractivity contribution >= 4 is 11.9 Å². The second kappa shape index (κ2) is 9.72. The Bertz CT molecular complexity index is 671. The Morgan fingerprint density at radius 2 is 1.81 bits per heavy atom. The van der Waals surface area contributed by atoms with Crippen LogP contribution < -0.4 is 10.2 Å². The van der Waals surface area contributed by atoms with Gasteiger partial charge in [-0.05, 0) is 11.6 Å². The van der Waals surface area contributed by atoms with E-state index < -0.39 is 0 Å². The monoisotopic (exact) mass is 354 g/mol. The van der Waals surface area contributed by atoms with E-state index in [1.54, 1.807) is 12.4 Å². The van der Waals surface area contributed by atoms with Crippen molar-refractivity contribution < 1.29 is 4.74 Å². The zero-order valence-electron chi connectivity index (χ0n) is 15.2. The largest absolute Gasteiger partial charge is 0.375 e. The quantitative estimate of drug-likeness (QED) is 0.480. The van der Waals surface area contributed by atoms with Gasteiger partial charge in [0.15, 0.2) is 5.96 Å². The third-order valence-corrected chi connectivity index (χ3v) is 4.27. The van der Waals surface area contributed by atoms with Gasteiger partial charge in [0.25, 0.3) is 0 Å². The Balaban J connectivity index is 1.37. The first-order chi connectivity index (χ1) is 12.9. The molecule has 1 aromatic heterocycles. The van der Waals surface area contributed by atoms with Gasteiger partial charge in [0.2, 0.25) is 5.95 Å². The van der Waals surface area contributed by atoms with E-state index in [1.807, 2.05) is 31.3 Å². The summed E-state index contributed by atoms with van der Waals surface area (Å²) in [5, 5.41) is 3.38. The number of guanidine groups is 1. The second-order valence-electron chi connectivity index (χ2n) is 6.04. The van der Waals surface area contributed by atoms with E-state index in [4.69, 9.17) is 4.74 Å². The van der Waals surface area contributed by atoms with E-state index in [2.05, 4.69) is 42.2 Å². The third-order valence-electron chi connectivity index (χ3n) is 4.27. The Hall–Kier alpha value is -2.67. The number of aliphatic imine (C=N–C) groups is 1. The first-order valence-electron chi connectivity index (χ1n) is 8.96. The van der Waals surface area contributed by atoms with Crippen LogP contribution in [0.5, 0.6) is 0 Å². The summed E-state index contributed by atoms with van der Waals surface area (Å²) in [4.78, 5) is 17.5. The van der Waals surface area contributed by atoms with Gasteiger partial charge in [-0.2, -0.15) is 0 Å². The van der Waals surface area contributed by atoms with Crippen molar-refractivity contribution in [3.05, 3.63) is 54.4 Å². The minimum atomic E-state index is 0.636. The average molecular weight is 354 g/mol. The Kier molecular flexibility index (Phi) is 6.78. The molecule has 0 unspecified atom stereocenters. The smallest absolute Gasteiger partial charge is 0.225 e. The molecule has 0 saturated carbocycles. The van der Waals surface area contributed by atoms with E-state index in [0.29, 0.717) is 13.2 Å². The van der Waals surface area contributed by atoms with Crippen molar-refractivity contribution in [2.75, 3.05) is 51.3 Å².